The van der Waals surface area contributed by atoms with Gasteiger partial charge in [0.05, 0.1) is 6.54 Å². The first kappa shape index (κ1) is 11.8. The maximum Gasteiger partial charge on any atom is 0.134 e. The maximum atomic E-state index is 5.87. The van der Waals surface area contributed by atoms with Gasteiger partial charge in [0.1, 0.15) is 11.3 Å². The molecule has 1 saturated heterocycles. The molecule has 1 aliphatic heterocycles. The molecule has 2 heterocycles. The van der Waals surface area contributed by atoms with E-state index >= 15 is 0 Å². The number of nitrogens with two attached hydrogens (primary N) is 1. The molecule has 2 N–H and O–H groups in total. The summed E-state index contributed by atoms with van der Waals surface area (Å²) in [6, 6.07) is 10.3. The van der Waals surface area contributed by atoms with Crippen LogP contribution in [0.2, 0.25) is 0 Å². The van der Waals surface area contributed by atoms with Gasteiger partial charge in [-0.3, -0.25) is 4.90 Å². The van der Waals surface area contributed by atoms with E-state index in [1.165, 1.54) is 18.2 Å². The van der Waals surface area contributed by atoms with E-state index in [1.807, 2.05) is 18.2 Å². The van der Waals surface area contributed by atoms with Crippen molar-refractivity contribution in [2.45, 2.75) is 19.4 Å². The largest absolute Gasteiger partial charge is 0.460 e. The van der Waals surface area contributed by atoms with Crippen LogP contribution < -0.4 is 5.73 Å². The second-order valence-electron chi connectivity index (χ2n) is 5.23. The molecule has 1 unspecified atom stereocenters. The first-order chi connectivity index (χ1) is 8.85. The minimum atomic E-state index is 0.656. The smallest absolute Gasteiger partial charge is 0.134 e. The van der Waals surface area contributed by atoms with Crippen LogP contribution in [-0.2, 0) is 6.54 Å². The highest BCUT2D eigenvalue weighted by Gasteiger charge is 2.19. The number of benzene rings is 1. The fraction of sp³-hybridized carbons (Fsp3) is 0.467. The molecule has 1 atom stereocenters. The average Bonchev–Trinajstić information content (AvgIpc) is 2.81. The van der Waals surface area contributed by atoms with Gasteiger partial charge < -0.3 is 10.2 Å². The van der Waals surface area contributed by atoms with Gasteiger partial charge in [-0.15, -0.1) is 0 Å². The average molecular weight is 244 g/mol. The van der Waals surface area contributed by atoms with Crippen LogP contribution in [0, 0.1) is 5.92 Å². The van der Waals surface area contributed by atoms with Gasteiger partial charge in [-0.05, 0) is 44.0 Å². The van der Waals surface area contributed by atoms with Crippen molar-refractivity contribution in [1.82, 2.24) is 4.90 Å². The number of likely N-dealkylation sites (tertiary alicyclic amines) is 1. The van der Waals surface area contributed by atoms with Crippen LogP contribution in [0.3, 0.4) is 0 Å². The molecule has 3 rings (SSSR count). The Morgan fingerprint density at radius 1 is 1.33 bits per heavy atom. The fourth-order valence-electron chi connectivity index (χ4n) is 2.82. The predicted octanol–water partition coefficient (Wildman–Crippen LogP) is 2.60. The summed E-state index contributed by atoms with van der Waals surface area (Å²) in [5.74, 6) is 1.72. The van der Waals surface area contributed by atoms with Gasteiger partial charge in [-0.2, -0.15) is 0 Å². The van der Waals surface area contributed by atoms with E-state index in [4.69, 9.17) is 10.2 Å². The summed E-state index contributed by atoms with van der Waals surface area (Å²) in [7, 11) is 0. The topological polar surface area (TPSA) is 42.4 Å². The van der Waals surface area contributed by atoms with Crippen molar-refractivity contribution in [3.63, 3.8) is 0 Å². The van der Waals surface area contributed by atoms with Gasteiger partial charge in [0, 0.05) is 11.9 Å². The van der Waals surface area contributed by atoms with Crippen molar-refractivity contribution in [3.8, 4) is 0 Å². The number of para-hydroxylation sites is 1. The highest BCUT2D eigenvalue weighted by atomic mass is 16.3. The number of piperidine rings is 1. The first-order valence-corrected chi connectivity index (χ1v) is 6.75. The molecule has 0 saturated carbocycles. The molecule has 3 heteroatoms. The first-order valence-electron chi connectivity index (χ1n) is 6.75. The van der Waals surface area contributed by atoms with Gasteiger partial charge >= 0.3 is 0 Å². The van der Waals surface area contributed by atoms with E-state index < -0.39 is 0 Å². The lowest BCUT2D eigenvalue weighted by Gasteiger charge is -2.31. The molecule has 2 aromatic rings. The number of nitrogens with zero attached hydrogens (tertiary/aromatic N) is 1. The Morgan fingerprint density at radius 2 is 2.22 bits per heavy atom. The quantitative estimate of drug-likeness (QED) is 0.902. The van der Waals surface area contributed by atoms with Crippen LogP contribution >= 0.6 is 0 Å². The van der Waals surface area contributed by atoms with Crippen molar-refractivity contribution in [2.24, 2.45) is 11.7 Å². The van der Waals surface area contributed by atoms with Crippen molar-refractivity contribution in [2.75, 3.05) is 19.6 Å². The lowest BCUT2D eigenvalue weighted by molar-refractivity contribution is 0.161. The molecule has 3 nitrogen and oxygen atoms in total. The van der Waals surface area contributed by atoms with Crippen molar-refractivity contribution >= 4 is 11.0 Å². The standard InChI is InChI=1S/C15H20N2O/c16-9-12-4-3-7-17(10-12)11-14-8-13-5-1-2-6-15(13)18-14/h1-2,5-6,8,12H,3-4,7,9-11,16H2. The van der Waals surface area contributed by atoms with Crippen LogP contribution in [0.1, 0.15) is 18.6 Å². The lowest BCUT2D eigenvalue weighted by Crippen LogP contribution is -2.37. The number of rotatable bonds is 3. The Balaban J connectivity index is 1.71. The van der Waals surface area contributed by atoms with Crippen LogP contribution in [0.15, 0.2) is 34.7 Å². The summed E-state index contributed by atoms with van der Waals surface area (Å²) < 4.78 is 5.87. The van der Waals surface area contributed by atoms with E-state index in [-0.39, 0.29) is 0 Å². The van der Waals surface area contributed by atoms with Crippen LogP contribution in [0.4, 0.5) is 0 Å². The van der Waals surface area contributed by atoms with E-state index in [2.05, 4.69) is 17.0 Å². The van der Waals surface area contributed by atoms with Gasteiger partial charge in [-0.1, -0.05) is 18.2 Å². The molecule has 0 amide bonds. The van der Waals surface area contributed by atoms with Gasteiger partial charge in [0.2, 0.25) is 0 Å². The third-order valence-corrected chi connectivity index (χ3v) is 3.79. The van der Waals surface area contributed by atoms with E-state index in [0.29, 0.717) is 5.92 Å². The summed E-state index contributed by atoms with van der Waals surface area (Å²) in [6.45, 7) is 3.98. The molecular formula is C15H20N2O. The van der Waals surface area contributed by atoms with Gasteiger partial charge in [-0.25, -0.2) is 0 Å². The van der Waals surface area contributed by atoms with Gasteiger partial charge in [0.15, 0.2) is 0 Å². The molecular weight excluding hydrogens is 224 g/mol. The number of hydrogen-bond donors (Lipinski definition) is 1. The zero-order valence-electron chi connectivity index (χ0n) is 10.6. The Morgan fingerprint density at radius 3 is 3.06 bits per heavy atom. The fourth-order valence-corrected chi connectivity index (χ4v) is 2.82. The van der Waals surface area contributed by atoms with Crippen LogP contribution in [0.5, 0.6) is 0 Å². The van der Waals surface area contributed by atoms with E-state index in [0.717, 1.165) is 37.5 Å². The molecule has 96 valence electrons. The molecule has 0 bridgehead atoms. The van der Waals surface area contributed by atoms with Crippen molar-refractivity contribution in [3.05, 3.63) is 36.1 Å². The Labute approximate surface area is 108 Å². The van der Waals surface area contributed by atoms with Crippen molar-refractivity contribution in [1.29, 1.82) is 0 Å². The molecule has 0 spiro atoms. The second kappa shape index (κ2) is 5.12. The number of fused-ring (bicyclic) bond motifs is 1. The molecule has 0 radical (unpaired) electrons. The Bertz CT molecular complexity index is 487. The summed E-state index contributed by atoms with van der Waals surface area (Å²) in [6.07, 6.45) is 2.52. The molecule has 1 aromatic heterocycles. The number of furan rings is 1. The minimum absolute atomic E-state index is 0.656. The third-order valence-electron chi connectivity index (χ3n) is 3.79. The molecule has 1 aliphatic rings. The molecule has 1 aromatic carbocycles. The molecule has 1 fully saturated rings. The highest BCUT2D eigenvalue weighted by molar-refractivity contribution is 5.77. The van der Waals surface area contributed by atoms with Crippen LogP contribution in [-0.4, -0.2) is 24.5 Å². The Hall–Kier alpha value is -1.32. The SMILES string of the molecule is NCC1CCCN(Cc2cc3ccccc3o2)C1. The summed E-state index contributed by atoms with van der Waals surface area (Å²) >= 11 is 0. The second-order valence-corrected chi connectivity index (χ2v) is 5.23. The predicted molar refractivity (Wildman–Crippen MR) is 73.3 cm³/mol. The maximum absolute atomic E-state index is 5.87. The highest BCUT2D eigenvalue weighted by Crippen LogP contribution is 2.22. The Kier molecular flexibility index (Phi) is 3.35. The van der Waals surface area contributed by atoms with E-state index in [1.54, 1.807) is 0 Å². The minimum Gasteiger partial charge on any atom is -0.460 e. The summed E-state index contributed by atoms with van der Waals surface area (Å²) in [5.41, 5.74) is 6.76. The lowest BCUT2D eigenvalue weighted by atomic mass is 9.98. The van der Waals surface area contributed by atoms with Crippen LogP contribution in [0.25, 0.3) is 11.0 Å². The summed E-state index contributed by atoms with van der Waals surface area (Å²) in [5, 5.41) is 1.19. The summed E-state index contributed by atoms with van der Waals surface area (Å²) in [4.78, 5) is 2.46. The zero-order valence-corrected chi connectivity index (χ0v) is 10.6. The van der Waals surface area contributed by atoms with Crippen molar-refractivity contribution < 1.29 is 4.42 Å². The zero-order chi connectivity index (χ0) is 12.4. The van der Waals surface area contributed by atoms with E-state index in [9.17, 15) is 0 Å². The normalized spacial score (nSPS) is 21.5. The molecule has 0 aliphatic carbocycles. The monoisotopic (exact) mass is 244 g/mol. The molecule has 18 heavy (non-hydrogen) atoms. The third kappa shape index (κ3) is 2.42. The van der Waals surface area contributed by atoms with Gasteiger partial charge in [0.25, 0.3) is 0 Å². The number of hydrogen-bond acceptors (Lipinski definition) is 3.